The van der Waals surface area contributed by atoms with Gasteiger partial charge < -0.3 is 5.11 Å². The molecule has 2 heteroatoms. The van der Waals surface area contributed by atoms with Crippen molar-refractivity contribution in [2.24, 2.45) is 0 Å². The summed E-state index contributed by atoms with van der Waals surface area (Å²) in [6, 6.07) is 12.3. The van der Waals surface area contributed by atoms with Crippen LogP contribution in [0.25, 0.3) is 0 Å². The zero-order valence-electron chi connectivity index (χ0n) is 12.4. The fourth-order valence-electron chi connectivity index (χ4n) is 3.39. The molecular formula is C19H21NO. The van der Waals surface area contributed by atoms with Crippen molar-refractivity contribution in [1.82, 2.24) is 4.98 Å². The van der Waals surface area contributed by atoms with Crippen molar-refractivity contribution < 1.29 is 5.11 Å². The maximum atomic E-state index is 11.3. The lowest BCUT2D eigenvalue weighted by atomic mass is 9.76. The Morgan fingerprint density at radius 3 is 2.81 bits per heavy atom. The number of aromatic nitrogens is 1. The molecule has 0 unspecified atom stereocenters. The molecule has 108 valence electrons. The first-order valence-corrected chi connectivity index (χ1v) is 7.52. The standard InChI is InChI=1S/C19H21NO/c1-3-19(21)17-9-5-4-7-15(17)8-6-10-18(19)16-12-11-14(2)20-13-16/h3-5,7,9,11-13,18,21H,1,6,8,10H2,2H3/t18-,19-/m0/s1. The van der Waals surface area contributed by atoms with Gasteiger partial charge in [0, 0.05) is 17.8 Å². The predicted molar refractivity (Wildman–Crippen MR) is 85.2 cm³/mol. The molecule has 1 heterocycles. The van der Waals surface area contributed by atoms with E-state index in [1.165, 1.54) is 5.56 Å². The van der Waals surface area contributed by atoms with Gasteiger partial charge in [-0.05, 0) is 48.9 Å². The van der Waals surface area contributed by atoms with Gasteiger partial charge >= 0.3 is 0 Å². The van der Waals surface area contributed by atoms with Crippen LogP contribution in [0.2, 0.25) is 0 Å². The second-order valence-corrected chi connectivity index (χ2v) is 5.86. The molecular weight excluding hydrogens is 258 g/mol. The summed E-state index contributed by atoms with van der Waals surface area (Å²) in [6.45, 7) is 5.90. The molecule has 0 amide bonds. The maximum absolute atomic E-state index is 11.3. The highest BCUT2D eigenvalue weighted by Crippen LogP contribution is 2.44. The second kappa shape index (κ2) is 5.45. The maximum Gasteiger partial charge on any atom is 0.115 e. The van der Waals surface area contributed by atoms with Gasteiger partial charge in [-0.2, -0.15) is 0 Å². The van der Waals surface area contributed by atoms with Crippen molar-refractivity contribution in [2.75, 3.05) is 0 Å². The zero-order chi connectivity index (χ0) is 14.9. The van der Waals surface area contributed by atoms with Crippen molar-refractivity contribution in [1.29, 1.82) is 0 Å². The number of aryl methyl sites for hydroxylation is 2. The van der Waals surface area contributed by atoms with Crippen molar-refractivity contribution in [3.05, 3.63) is 77.6 Å². The number of nitrogens with zero attached hydrogens (tertiary/aromatic N) is 1. The largest absolute Gasteiger partial charge is 0.380 e. The number of aliphatic hydroxyl groups is 1. The molecule has 0 bridgehead atoms. The molecule has 1 aromatic carbocycles. The smallest absolute Gasteiger partial charge is 0.115 e. The van der Waals surface area contributed by atoms with Crippen LogP contribution in [-0.2, 0) is 12.0 Å². The van der Waals surface area contributed by atoms with E-state index in [1.54, 1.807) is 6.08 Å². The molecule has 1 aromatic heterocycles. The highest BCUT2D eigenvalue weighted by molar-refractivity contribution is 5.41. The first-order valence-electron chi connectivity index (χ1n) is 7.52. The molecule has 3 rings (SSSR count). The minimum absolute atomic E-state index is 0.00625. The second-order valence-electron chi connectivity index (χ2n) is 5.86. The quantitative estimate of drug-likeness (QED) is 0.668. The van der Waals surface area contributed by atoms with Gasteiger partial charge in [-0.1, -0.05) is 43.0 Å². The Kier molecular flexibility index (Phi) is 3.64. The summed E-state index contributed by atoms with van der Waals surface area (Å²) in [5.74, 6) is 0.00625. The van der Waals surface area contributed by atoms with Gasteiger partial charge in [-0.15, -0.1) is 0 Å². The van der Waals surface area contributed by atoms with Crippen molar-refractivity contribution >= 4 is 0 Å². The van der Waals surface area contributed by atoms with E-state index in [9.17, 15) is 5.11 Å². The molecule has 1 N–H and O–H groups in total. The molecule has 2 nitrogen and oxygen atoms in total. The van der Waals surface area contributed by atoms with Crippen LogP contribution in [0, 0.1) is 6.92 Å². The van der Waals surface area contributed by atoms with Crippen LogP contribution in [0.15, 0.2) is 55.3 Å². The zero-order valence-corrected chi connectivity index (χ0v) is 12.4. The Balaban J connectivity index is 2.12. The van der Waals surface area contributed by atoms with E-state index in [0.29, 0.717) is 0 Å². The van der Waals surface area contributed by atoms with E-state index in [-0.39, 0.29) is 5.92 Å². The lowest BCUT2D eigenvalue weighted by molar-refractivity contribution is 0.0563. The lowest BCUT2D eigenvalue weighted by Crippen LogP contribution is -2.31. The number of benzene rings is 1. The number of pyridine rings is 1. The van der Waals surface area contributed by atoms with Crippen LogP contribution in [-0.4, -0.2) is 10.1 Å². The summed E-state index contributed by atoms with van der Waals surface area (Å²) in [5.41, 5.74) is 3.27. The van der Waals surface area contributed by atoms with Crippen molar-refractivity contribution in [3.63, 3.8) is 0 Å². The van der Waals surface area contributed by atoms with Crippen LogP contribution < -0.4 is 0 Å². The summed E-state index contributed by atoms with van der Waals surface area (Å²) in [6.07, 6.45) is 6.58. The summed E-state index contributed by atoms with van der Waals surface area (Å²) in [5, 5.41) is 11.3. The monoisotopic (exact) mass is 279 g/mol. The molecule has 1 aliphatic rings. The van der Waals surface area contributed by atoms with Gasteiger partial charge in [0.25, 0.3) is 0 Å². The van der Waals surface area contributed by atoms with E-state index < -0.39 is 5.60 Å². The van der Waals surface area contributed by atoms with Crippen LogP contribution in [0.5, 0.6) is 0 Å². The molecule has 1 aliphatic carbocycles. The van der Waals surface area contributed by atoms with Gasteiger partial charge in [0.05, 0.1) is 0 Å². The number of hydrogen-bond donors (Lipinski definition) is 1. The Labute approximate surface area is 126 Å². The van der Waals surface area contributed by atoms with Crippen LogP contribution in [0.1, 0.15) is 41.1 Å². The van der Waals surface area contributed by atoms with Crippen molar-refractivity contribution in [3.8, 4) is 0 Å². The third-order valence-electron chi connectivity index (χ3n) is 4.57. The Morgan fingerprint density at radius 2 is 2.10 bits per heavy atom. The molecule has 2 aromatic rings. The Hall–Kier alpha value is -1.93. The molecule has 0 fully saturated rings. The van der Waals surface area contributed by atoms with Gasteiger partial charge in [0.2, 0.25) is 0 Å². The van der Waals surface area contributed by atoms with E-state index >= 15 is 0 Å². The number of hydrogen-bond acceptors (Lipinski definition) is 2. The number of fused-ring (bicyclic) bond motifs is 1. The fraction of sp³-hybridized carbons (Fsp3) is 0.316. The van der Waals surface area contributed by atoms with E-state index in [0.717, 1.165) is 36.1 Å². The third-order valence-corrected chi connectivity index (χ3v) is 4.57. The van der Waals surface area contributed by atoms with Crippen LogP contribution in [0.4, 0.5) is 0 Å². The minimum atomic E-state index is -1.02. The molecule has 0 saturated heterocycles. The van der Waals surface area contributed by atoms with E-state index in [4.69, 9.17) is 0 Å². The molecule has 0 aliphatic heterocycles. The Morgan fingerprint density at radius 1 is 1.29 bits per heavy atom. The lowest BCUT2D eigenvalue weighted by Gasteiger charge is -2.34. The normalized spacial score (nSPS) is 25.0. The molecule has 0 radical (unpaired) electrons. The van der Waals surface area contributed by atoms with E-state index in [1.807, 2.05) is 37.4 Å². The topological polar surface area (TPSA) is 33.1 Å². The van der Waals surface area contributed by atoms with Crippen LogP contribution >= 0.6 is 0 Å². The van der Waals surface area contributed by atoms with Crippen molar-refractivity contribution in [2.45, 2.75) is 37.7 Å². The summed E-state index contributed by atoms with van der Waals surface area (Å²) < 4.78 is 0. The summed E-state index contributed by atoms with van der Waals surface area (Å²) in [7, 11) is 0. The average molecular weight is 279 g/mol. The predicted octanol–water partition coefficient (Wildman–Crippen LogP) is 3.88. The highest BCUT2D eigenvalue weighted by atomic mass is 16.3. The average Bonchev–Trinajstić information content (AvgIpc) is 2.66. The first kappa shape index (κ1) is 14.0. The Bertz CT molecular complexity index is 647. The van der Waals surface area contributed by atoms with Gasteiger partial charge in [-0.3, -0.25) is 4.98 Å². The van der Waals surface area contributed by atoms with Crippen LogP contribution in [0.3, 0.4) is 0 Å². The fourth-order valence-corrected chi connectivity index (χ4v) is 3.39. The molecule has 0 spiro atoms. The molecule has 21 heavy (non-hydrogen) atoms. The highest BCUT2D eigenvalue weighted by Gasteiger charge is 2.39. The van der Waals surface area contributed by atoms with Gasteiger partial charge in [-0.25, -0.2) is 0 Å². The third kappa shape index (κ3) is 2.40. The van der Waals surface area contributed by atoms with Gasteiger partial charge in [0.15, 0.2) is 0 Å². The summed E-state index contributed by atoms with van der Waals surface area (Å²) >= 11 is 0. The SMILES string of the molecule is C=C[C@]1(O)c2ccccc2CCC[C@H]1c1ccc(C)nc1. The minimum Gasteiger partial charge on any atom is -0.380 e. The molecule has 0 saturated carbocycles. The molecule has 2 atom stereocenters. The van der Waals surface area contributed by atoms with Gasteiger partial charge in [0.1, 0.15) is 5.60 Å². The first-order chi connectivity index (χ1) is 10.1. The number of rotatable bonds is 2. The van der Waals surface area contributed by atoms with E-state index in [2.05, 4.69) is 23.7 Å². The summed E-state index contributed by atoms with van der Waals surface area (Å²) in [4.78, 5) is 4.40.